The fourth-order valence-electron chi connectivity index (χ4n) is 7.20. The van der Waals surface area contributed by atoms with Crippen LogP contribution in [0.25, 0.3) is 0 Å². The third kappa shape index (κ3) is 4.72. The summed E-state index contributed by atoms with van der Waals surface area (Å²) >= 11 is 6.37. The van der Waals surface area contributed by atoms with E-state index in [9.17, 15) is 19.2 Å². The molecule has 3 saturated heterocycles. The molecule has 0 saturated carbocycles. The van der Waals surface area contributed by atoms with Gasteiger partial charge < -0.3 is 15.1 Å². The number of amides is 4. The standard InChI is InChI=1S/C30H35ClN4O4/c31-23-10-5-9-22-26(23)33-29(39)30(22)13-16-34(17-14-30)15-3-1-2-6-19-7-4-8-20-21(19)18-35(28(20)38)24-11-12-25(36)32-27(24)37/h4-5,7-8,10,22,24H,1-3,6,9,11-18H2,(H,33,39)(H,32,36,37). The maximum atomic E-state index is 13.1. The molecule has 1 aromatic rings. The van der Waals surface area contributed by atoms with Gasteiger partial charge in [-0.2, -0.15) is 0 Å². The lowest BCUT2D eigenvalue weighted by Crippen LogP contribution is -2.52. The molecule has 4 amide bonds. The molecular formula is C30H35ClN4O4. The van der Waals surface area contributed by atoms with E-state index in [-0.39, 0.29) is 41.4 Å². The summed E-state index contributed by atoms with van der Waals surface area (Å²) in [6, 6.07) is 5.28. The number of carbonyl (C=O) groups is 4. The van der Waals surface area contributed by atoms with E-state index in [2.05, 4.69) is 27.7 Å². The van der Waals surface area contributed by atoms with Crippen LogP contribution in [-0.4, -0.2) is 59.1 Å². The molecule has 2 atom stereocenters. The van der Waals surface area contributed by atoms with Crippen LogP contribution in [0.2, 0.25) is 0 Å². The Hall–Kier alpha value is -2.97. The number of allylic oxidation sites excluding steroid dienone is 4. The van der Waals surface area contributed by atoms with Crippen molar-refractivity contribution in [2.24, 2.45) is 11.3 Å². The molecule has 0 aromatic heterocycles. The molecule has 0 bridgehead atoms. The number of hydrogen-bond acceptors (Lipinski definition) is 5. The summed E-state index contributed by atoms with van der Waals surface area (Å²) in [5.74, 6) is -0.423. The monoisotopic (exact) mass is 550 g/mol. The Morgan fingerprint density at radius 3 is 2.64 bits per heavy atom. The van der Waals surface area contributed by atoms with Crippen molar-refractivity contribution in [2.45, 2.75) is 70.4 Å². The number of unbranched alkanes of at least 4 members (excludes halogenated alkanes) is 2. The summed E-state index contributed by atoms with van der Waals surface area (Å²) in [5, 5.41) is 6.13. The van der Waals surface area contributed by atoms with Crippen molar-refractivity contribution in [3.63, 3.8) is 0 Å². The van der Waals surface area contributed by atoms with E-state index < -0.39 is 6.04 Å². The van der Waals surface area contributed by atoms with Gasteiger partial charge in [0, 0.05) is 30.1 Å². The van der Waals surface area contributed by atoms with E-state index >= 15 is 0 Å². The number of aryl methyl sites for hydroxylation is 1. The highest BCUT2D eigenvalue weighted by atomic mass is 35.5. The second kappa shape index (κ2) is 10.5. The van der Waals surface area contributed by atoms with Crippen LogP contribution in [0.4, 0.5) is 0 Å². The summed E-state index contributed by atoms with van der Waals surface area (Å²) in [6.45, 7) is 3.32. The maximum Gasteiger partial charge on any atom is 0.255 e. The van der Waals surface area contributed by atoms with Crippen LogP contribution in [0.1, 0.15) is 72.9 Å². The number of nitrogens with zero attached hydrogens (tertiary/aromatic N) is 2. The Balaban J connectivity index is 0.975. The molecule has 2 N–H and O–H groups in total. The first-order valence-electron chi connectivity index (χ1n) is 14.2. The number of halogens is 1. The molecule has 1 spiro atoms. The van der Waals surface area contributed by atoms with Gasteiger partial charge in [0.2, 0.25) is 17.7 Å². The molecule has 39 heavy (non-hydrogen) atoms. The molecule has 4 heterocycles. The van der Waals surface area contributed by atoms with Crippen LogP contribution in [-0.2, 0) is 27.3 Å². The SMILES string of the molecule is O=C1CCC(N2Cc3c(CCCCCN4CCC5(CC4)C(=O)NC4=C(Cl)C=CCC45)cccc3C2=O)C(=O)N1. The van der Waals surface area contributed by atoms with Crippen molar-refractivity contribution in [1.29, 1.82) is 0 Å². The molecule has 9 heteroatoms. The minimum atomic E-state index is -0.580. The molecule has 5 aliphatic rings. The lowest BCUT2D eigenvalue weighted by Gasteiger charge is -2.41. The number of carbonyl (C=O) groups excluding carboxylic acids is 4. The Bertz CT molecular complexity index is 1280. The van der Waals surface area contributed by atoms with Gasteiger partial charge in [-0.3, -0.25) is 24.5 Å². The lowest BCUT2D eigenvalue weighted by molar-refractivity contribution is -0.137. The van der Waals surface area contributed by atoms with Gasteiger partial charge in [0.1, 0.15) is 6.04 Å². The molecule has 0 radical (unpaired) electrons. The summed E-state index contributed by atoms with van der Waals surface area (Å²) in [6.07, 6.45) is 11.4. The first-order valence-corrected chi connectivity index (χ1v) is 14.6. The summed E-state index contributed by atoms with van der Waals surface area (Å²) in [4.78, 5) is 54.0. The zero-order valence-electron chi connectivity index (χ0n) is 22.1. The number of benzene rings is 1. The first-order chi connectivity index (χ1) is 18.9. The van der Waals surface area contributed by atoms with Crippen molar-refractivity contribution in [3.8, 4) is 0 Å². The van der Waals surface area contributed by atoms with Crippen LogP contribution in [0.5, 0.6) is 0 Å². The zero-order chi connectivity index (χ0) is 27.1. The molecule has 1 aliphatic carbocycles. The number of likely N-dealkylation sites (tertiary alicyclic amines) is 1. The predicted octanol–water partition coefficient (Wildman–Crippen LogP) is 3.40. The molecule has 6 rings (SSSR count). The average molecular weight is 551 g/mol. The fraction of sp³-hybridized carbons (Fsp3) is 0.533. The Morgan fingerprint density at radius 2 is 1.85 bits per heavy atom. The van der Waals surface area contributed by atoms with Gasteiger partial charge in [-0.05, 0) is 87.8 Å². The Labute approximate surface area is 233 Å². The molecule has 206 valence electrons. The normalized spacial score (nSPS) is 26.2. The van der Waals surface area contributed by atoms with Crippen molar-refractivity contribution in [3.05, 3.63) is 57.8 Å². The van der Waals surface area contributed by atoms with Gasteiger partial charge in [-0.25, -0.2) is 0 Å². The van der Waals surface area contributed by atoms with Gasteiger partial charge in [-0.1, -0.05) is 36.2 Å². The first kappa shape index (κ1) is 26.3. The lowest BCUT2D eigenvalue weighted by atomic mass is 9.67. The van der Waals surface area contributed by atoms with Gasteiger partial charge in [0.15, 0.2) is 0 Å². The molecule has 1 aromatic carbocycles. The Morgan fingerprint density at radius 1 is 1.03 bits per heavy atom. The van der Waals surface area contributed by atoms with Crippen LogP contribution in [0, 0.1) is 11.3 Å². The van der Waals surface area contributed by atoms with Crippen LogP contribution in [0.15, 0.2) is 41.1 Å². The number of imide groups is 1. The van der Waals surface area contributed by atoms with Crippen molar-refractivity contribution >= 4 is 35.2 Å². The third-order valence-electron chi connectivity index (χ3n) is 9.46. The van der Waals surface area contributed by atoms with Gasteiger partial charge >= 0.3 is 0 Å². The molecule has 4 aliphatic heterocycles. The highest BCUT2D eigenvalue weighted by molar-refractivity contribution is 6.32. The number of hydrogen-bond donors (Lipinski definition) is 2. The zero-order valence-corrected chi connectivity index (χ0v) is 22.9. The number of fused-ring (bicyclic) bond motifs is 3. The van der Waals surface area contributed by atoms with Crippen molar-refractivity contribution in [2.75, 3.05) is 19.6 Å². The number of nitrogens with one attached hydrogen (secondary N) is 2. The topological polar surface area (TPSA) is 98.8 Å². The summed E-state index contributed by atoms with van der Waals surface area (Å²) in [5.41, 5.74) is 3.49. The third-order valence-corrected chi connectivity index (χ3v) is 9.79. The summed E-state index contributed by atoms with van der Waals surface area (Å²) < 4.78 is 0. The van der Waals surface area contributed by atoms with Crippen molar-refractivity contribution < 1.29 is 19.2 Å². The average Bonchev–Trinajstić information content (AvgIpc) is 3.40. The van der Waals surface area contributed by atoms with E-state index in [1.54, 1.807) is 4.90 Å². The van der Waals surface area contributed by atoms with Gasteiger partial charge in [0.05, 0.1) is 10.4 Å². The number of rotatable bonds is 7. The second-order valence-electron chi connectivity index (χ2n) is 11.6. The second-order valence-corrected chi connectivity index (χ2v) is 12.0. The van der Waals surface area contributed by atoms with E-state index in [1.165, 1.54) is 5.56 Å². The van der Waals surface area contributed by atoms with E-state index in [4.69, 9.17) is 11.6 Å². The Kier molecular flexibility index (Phi) is 7.10. The highest BCUT2D eigenvalue weighted by Crippen LogP contribution is 2.50. The predicted molar refractivity (Wildman–Crippen MR) is 146 cm³/mol. The van der Waals surface area contributed by atoms with Gasteiger partial charge in [-0.15, -0.1) is 0 Å². The van der Waals surface area contributed by atoms with Crippen LogP contribution < -0.4 is 10.6 Å². The van der Waals surface area contributed by atoms with E-state index in [1.807, 2.05) is 18.2 Å². The molecule has 2 unspecified atom stereocenters. The largest absolute Gasteiger partial charge is 0.327 e. The van der Waals surface area contributed by atoms with E-state index in [0.717, 1.165) is 75.8 Å². The maximum absolute atomic E-state index is 13.1. The molecule has 8 nitrogen and oxygen atoms in total. The van der Waals surface area contributed by atoms with E-state index in [0.29, 0.717) is 23.6 Å². The minimum Gasteiger partial charge on any atom is -0.327 e. The highest BCUT2D eigenvalue weighted by Gasteiger charge is 2.54. The van der Waals surface area contributed by atoms with Gasteiger partial charge in [0.25, 0.3) is 5.91 Å². The smallest absolute Gasteiger partial charge is 0.255 e. The van der Waals surface area contributed by atoms with Crippen LogP contribution in [0.3, 0.4) is 0 Å². The molecule has 3 fully saturated rings. The summed E-state index contributed by atoms with van der Waals surface area (Å²) in [7, 11) is 0. The van der Waals surface area contributed by atoms with Crippen LogP contribution >= 0.6 is 11.6 Å². The fourth-order valence-corrected chi connectivity index (χ4v) is 7.47. The minimum absolute atomic E-state index is 0.116. The number of piperidine rings is 2. The quantitative estimate of drug-likeness (QED) is 0.400. The van der Waals surface area contributed by atoms with Crippen molar-refractivity contribution in [1.82, 2.24) is 20.4 Å². The molecular weight excluding hydrogens is 516 g/mol.